The predicted molar refractivity (Wildman–Crippen MR) is 253 cm³/mol. The third kappa shape index (κ3) is 5.84. The average Bonchev–Trinajstić information content (AvgIpc) is 3.65. The Morgan fingerprint density at radius 1 is 0.650 bits per heavy atom. The van der Waals surface area contributed by atoms with Crippen LogP contribution in [0.2, 0.25) is 0 Å². The quantitative estimate of drug-likeness (QED) is 0.168. The number of fused-ring (bicyclic) bond motifs is 7. The second kappa shape index (κ2) is 14.0. The van der Waals surface area contributed by atoms with Crippen LogP contribution in [0.5, 0.6) is 0 Å². The SMILES string of the molecule is C[C@H]1/C=C\C=C/Cc2c(oc3cc(N(c4ccc(C5=CCCC=C5)cc4)c4cccc(-c5ccccc5)c4)ccc23)C2=C1C(C)(C)c1cc(C3=C4C=CC=C[C@@]43C)ccc12. The van der Waals surface area contributed by atoms with E-state index in [1.54, 1.807) is 0 Å². The summed E-state index contributed by atoms with van der Waals surface area (Å²) < 4.78 is 7.29. The van der Waals surface area contributed by atoms with Crippen LogP contribution >= 0.6 is 0 Å². The zero-order valence-electron chi connectivity index (χ0n) is 34.9. The van der Waals surface area contributed by atoms with Crippen LogP contribution in [0.4, 0.5) is 17.1 Å². The highest BCUT2D eigenvalue weighted by molar-refractivity contribution is 6.00. The number of benzene rings is 5. The molecule has 1 aromatic heterocycles. The maximum absolute atomic E-state index is 7.29. The summed E-state index contributed by atoms with van der Waals surface area (Å²) >= 11 is 0. The Labute approximate surface area is 354 Å². The van der Waals surface area contributed by atoms with Crippen molar-refractivity contribution in [3.05, 3.63) is 227 Å². The molecule has 0 fully saturated rings. The molecule has 0 saturated heterocycles. The lowest BCUT2D eigenvalue weighted by molar-refractivity contribution is 0.569. The Bertz CT molecular complexity index is 2990. The van der Waals surface area contributed by atoms with Crippen molar-refractivity contribution in [2.75, 3.05) is 4.90 Å². The van der Waals surface area contributed by atoms with Crippen molar-refractivity contribution in [1.29, 1.82) is 0 Å². The lowest BCUT2D eigenvalue weighted by atomic mass is 9.75. The number of furan rings is 1. The Morgan fingerprint density at radius 2 is 1.45 bits per heavy atom. The molecule has 5 aromatic carbocycles. The molecule has 2 atom stereocenters. The molecular weight excluding hydrogens is 727 g/mol. The topological polar surface area (TPSA) is 16.4 Å². The van der Waals surface area contributed by atoms with Gasteiger partial charge in [-0.1, -0.05) is 154 Å². The van der Waals surface area contributed by atoms with Crippen molar-refractivity contribution in [3.8, 4) is 11.1 Å². The van der Waals surface area contributed by atoms with Gasteiger partial charge in [-0.15, -0.1) is 0 Å². The molecule has 0 saturated carbocycles. The van der Waals surface area contributed by atoms with Gasteiger partial charge in [0.1, 0.15) is 11.3 Å². The Morgan fingerprint density at radius 3 is 2.25 bits per heavy atom. The summed E-state index contributed by atoms with van der Waals surface area (Å²) in [7, 11) is 0. The molecule has 2 nitrogen and oxygen atoms in total. The fraction of sp³-hybridized carbons (Fsp3) is 0.172. The number of allylic oxidation sites excluding steroid dienone is 15. The summed E-state index contributed by atoms with van der Waals surface area (Å²) in [6.45, 7) is 9.52. The molecule has 0 bridgehead atoms. The van der Waals surface area contributed by atoms with E-state index in [4.69, 9.17) is 4.42 Å². The van der Waals surface area contributed by atoms with Gasteiger partial charge in [-0.3, -0.25) is 0 Å². The van der Waals surface area contributed by atoms with Crippen molar-refractivity contribution < 1.29 is 4.42 Å². The summed E-state index contributed by atoms with van der Waals surface area (Å²) in [6, 6.07) is 42.6. The van der Waals surface area contributed by atoms with E-state index < -0.39 is 0 Å². The lowest BCUT2D eigenvalue weighted by Crippen LogP contribution is -2.21. The lowest BCUT2D eigenvalue weighted by Gasteiger charge is -2.28. The second-order valence-electron chi connectivity index (χ2n) is 17.7. The molecule has 0 N–H and O–H groups in total. The van der Waals surface area contributed by atoms with Crippen molar-refractivity contribution in [2.45, 2.75) is 52.4 Å². The third-order valence-corrected chi connectivity index (χ3v) is 13.6. The highest BCUT2D eigenvalue weighted by Gasteiger charge is 2.48. The number of nitrogens with zero attached hydrogens (tertiary/aromatic N) is 1. The molecule has 11 rings (SSSR count). The third-order valence-electron chi connectivity index (χ3n) is 13.6. The van der Waals surface area contributed by atoms with Crippen molar-refractivity contribution in [1.82, 2.24) is 0 Å². The van der Waals surface area contributed by atoms with Crippen LogP contribution in [-0.2, 0) is 11.8 Å². The van der Waals surface area contributed by atoms with Gasteiger partial charge >= 0.3 is 0 Å². The summed E-state index contributed by atoms with van der Waals surface area (Å²) in [5.41, 5.74) is 19.7. The first-order chi connectivity index (χ1) is 29.3. The number of rotatable bonds is 6. The second-order valence-corrected chi connectivity index (χ2v) is 17.7. The Hall–Kier alpha value is -6.64. The summed E-state index contributed by atoms with van der Waals surface area (Å²) in [5, 5.41) is 1.16. The van der Waals surface area contributed by atoms with E-state index in [-0.39, 0.29) is 16.7 Å². The average molecular weight is 776 g/mol. The fourth-order valence-electron chi connectivity index (χ4n) is 10.6. The minimum absolute atomic E-state index is 0.0397. The first-order valence-corrected chi connectivity index (χ1v) is 21.6. The Kier molecular flexibility index (Phi) is 8.50. The Balaban J connectivity index is 1.06. The van der Waals surface area contributed by atoms with Gasteiger partial charge in [0, 0.05) is 50.5 Å². The first kappa shape index (κ1) is 36.4. The van der Waals surface area contributed by atoms with Crippen LogP contribution in [0.25, 0.3) is 38.8 Å². The van der Waals surface area contributed by atoms with Gasteiger partial charge in [-0.2, -0.15) is 0 Å². The van der Waals surface area contributed by atoms with Gasteiger partial charge in [-0.25, -0.2) is 0 Å². The summed E-state index contributed by atoms with van der Waals surface area (Å²) in [6.07, 6.45) is 27.9. The van der Waals surface area contributed by atoms with Crippen LogP contribution in [0.15, 0.2) is 198 Å². The van der Waals surface area contributed by atoms with E-state index >= 15 is 0 Å². The van der Waals surface area contributed by atoms with E-state index in [0.29, 0.717) is 0 Å². The molecule has 0 unspecified atom stereocenters. The molecule has 60 heavy (non-hydrogen) atoms. The zero-order valence-corrected chi connectivity index (χ0v) is 34.9. The van der Waals surface area contributed by atoms with Gasteiger partial charge in [0.05, 0.1) is 0 Å². The molecule has 292 valence electrons. The molecule has 0 spiro atoms. The standard InChI is InChI=1S/C58H49NO/c1-38-17-8-5-13-24-48-47-33-31-46(59(44-29-26-41(27-30-44)39-18-9-6-10-19-39)45-23-16-22-42(35-45)40-20-11-7-12-21-40)37-52(47)60-56(48)53-49-32-28-43(36-51(49)57(2,3)54(38)53)55-50-25-14-15-34-58(50,55)4/h5,7-9,11-23,25-38H,6,10,24H2,1-4H3/b13-5-,17-8-/t38-,58-/m0/s1. The maximum Gasteiger partial charge on any atom is 0.139 e. The predicted octanol–water partition coefficient (Wildman–Crippen LogP) is 15.6. The van der Waals surface area contributed by atoms with E-state index in [1.807, 2.05) is 0 Å². The zero-order chi connectivity index (χ0) is 40.6. The first-order valence-electron chi connectivity index (χ1n) is 21.6. The molecular formula is C58H49NO. The molecule has 0 aliphatic heterocycles. The number of hydrogen-bond acceptors (Lipinski definition) is 2. The normalized spacial score (nSPS) is 21.9. The van der Waals surface area contributed by atoms with E-state index in [9.17, 15) is 0 Å². The molecule has 0 radical (unpaired) electrons. The number of hydrogen-bond donors (Lipinski definition) is 0. The largest absolute Gasteiger partial charge is 0.456 e. The summed E-state index contributed by atoms with van der Waals surface area (Å²) in [4.78, 5) is 2.37. The molecule has 0 amide bonds. The van der Waals surface area contributed by atoms with E-state index in [1.165, 1.54) is 66.8 Å². The minimum atomic E-state index is -0.192. The van der Waals surface area contributed by atoms with E-state index in [2.05, 4.69) is 215 Å². The van der Waals surface area contributed by atoms with Crippen LogP contribution in [-0.4, -0.2) is 0 Å². The molecule has 6 aromatic rings. The van der Waals surface area contributed by atoms with E-state index in [0.717, 1.165) is 53.1 Å². The smallest absolute Gasteiger partial charge is 0.139 e. The highest BCUT2D eigenvalue weighted by Crippen LogP contribution is 2.62. The van der Waals surface area contributed by atoms with Crippen LogP contribution in [0, 0.1) is 11.3 Å². The summed E-state index contributed by atoms with van der Waals surface area (Å²) in [5.74, 6) is 1.22. The minimum Gasteiger partial charge on any atom is -0.456 e. The maximum atomic E-state index is 7.29. The van der Waals surface area contributed by atoms with Crippen LogP contribution in [0.1, 0.15) is 74.1 Å². The van der Waals surface area contributed by atoms with Gasteiger partial charge in [0.2, 0.25) is 0 Å². The van der Waals surface area contributed by atoms with Gasteiger partial charge in [0.25, 0.3) is 0 Å². The van der Waals surface area contributed by atoms with Gasteiger partial charge in [-0.05, 0) is 130 Å². The van der Waals surface area contributed by atoms with Crippen molar-refractivity contribution in [2.24, 2.45) is 11.3 Å². The van der Waals surface area contributed by atoms with Crippen molar-refractivity contribution in [3.63, 3.8) is 0 Å². The molecule has 5 aliphatic rings. The van der Waals surface area contributed by atoms with Gasteiger partial charge in [0.15, 0.2) is 0 Å². The highest BCUT2D eigenvalue weighted by atomic mass is 16.3. The van der Waals surface area contributed by atoms with Crippen LogP contribution in [0.3, 0.4) is 0 Å². The van der Waals surface area contributed by atoms with Crippen LogP contribution < -0.4 is 4.90 Å². The molecule has 2 heteroatoms. The van der Waals surface area contributed by atoms with Gasteiger partial charge < -0.3 is 9.32 Å². The number of anilines is 3. The monoisotopic (exact) mass is 775 g/mol. The molecule has 5 aliphatic carbocycles. The molecule has 1 heterocycles. The fourth-order valence-corrected chi connectivity index (χ4v) is 10.6. The van der Waals surface area contributed by atoms with Crippen molar-refractivity contribution >= 4 is 44.8 Å².